The molecule has 1 aromatic heterocycles. The molecule has 0 aliphatic rings. The van der Waals surface area contributed by atoms with Crippen LogP contribution in [0.2, 0.25) is 0 Å². The highest BCUT2D eigenvalue weighted by molar-refractivity contribution is 5.71. The normalized spacial score (nSPS) is 16.0. The molecule has 0 bridgehead atoms. The third kappa shape index (κ3) is 2.37. The average molecular weight is 283 g/mol. The van der Waals surface area contributed by atoms with Crippen LogP contribution in [0.4, 0.5) is 0 Å². The minimum Gasteiger partial charge on any atom is -0.428 e. The summed E-state index contributed by atoms with van der Waals surface area (Å²) in [5, 5.41) is 47.6. The lowest BCUT2D eigenvalue weighted by Gasteiger charge is -2.21. The van der Waals surface area contributed by atoms with Crippen LogP contribution < -0.4 is 4.43 Å². The molecular weight excluding hydrogens is 268 g/mol. The van der Waals surface area contributed by atoms with Gasteiger partial charge in [0.1, 0.15) is 18.3 Å². The monoisotopic (exact) mass is 283 g/mol. The summed E-state index contributed by atoms with van der Waals surface area (Å²) in [4.78, 5) is 11.8. The van der Waals surface area contributed by atoms with Crippen molar-refractivity contribution in [1.29, 1.82) is 0 Å². The van der Waals surface area contributed by atoms with Crippen LogP contribution in [-0.4, -0.2) is 49.2 Å². The zero-order chi connectivity index (χ0) is 14.9. The van der Waals surface area contributed by atoms with Crippen molar-refractivity contribution in [3.05, 3.63) is 41.1 Å². The van der Waals surface area contributed by atoms with E-state index >= 15 is 0 Å². The van der Waals surface area contributed by atoms with Crippen molar-refractivity contribution < 1.29 is 30.1 Å². The first-order chi connectivity index (χ1) is 9.47. The molecule has 0 fully saturated rings. The predicted molar refractivity (Wildman–Crippen MR) is 66.5 cm³/mol. The number of fused-ring (bicyclic) bond motifs is 1. The summed E-state index contributed by atoms with van der Waals surface area (Å²) in [7, 11) is 0. The number of aliphatic hydroxyl groups excluding tert-OH is 4. The molecule has 5 N–H and O–H groups in total. The van der Waals surface area contributed by atoms with Gasteiger partial charge in [0.05, 0.1) is 11.0 Å². The SMILES string of the molecule is O=[n+]1cc([C@H](O)[C@H](O)[C@H](O)CO)n(O)c2ccccc21. The molecule has 8 nitrogen and oxygen atoms in total. The van der Waals surface area contributed by atoms with E-state index in [9.17, 15) is 25.4 Å². The predicted octanol–water partition coefficient (Wildman–Crippen LogP) is -1.46. The van der Waals surface area contributed by atoms with Gasteiger partial charge >= 0.3 is 0 Å². The van der Waals surface area contributed by atoms with E-state index < -0.39 is 24.9 Å². The van der Waals surface area contributed by atoms with Crippen molar-refractivity contribution >= 4 is 11.0 Å². The molecule has 3 atom stereocenters. The fraction of sp³-hybridized carbons (Fsp3) is 0.333. The molecule has 0 aliphatic carbocycles. The molecule has 1 aromatic carbocycles. The van der Waals surface area contributed by atoms with Crippen LogP contribution >= 0.6 is 0 Å². The van der Waals surface area contributed by atoms with Gasteiger partial charge in [0.15, 0.2) is 11.2 Å². The summed E-state index contributed by atoms with van der Waals surface area (Å²) in [6, 6.07) is 6.13. The number of para-hydroxylation sites is 2. The molecule has 8 heteroatoms. The van der Waals surface area contributed by atoms with Crippen molar-refractivity contribution in [2.45, 2.75) is 18.3 Å². The molecule has 0 amide bonds. The Morgan fingerprint density at radius 1 is 1.20 bits per heavy atom. The molecule has 108 valence electrons. The molecule has 0 saturated heterocycles. The number of aromatic nitrogens is 2. The van der Waals surface area contributed by atoms with Gasteiger partial charge in [0.25, 0.3) is 11.7 Å². The number of rotatable bonds is 4. The summed E-state index contributed by atoms with van der Waals surface area (Å²) in [5.74, 6) is 0. The molecule has 0 spiro atoms. The molecule has 1 heterocycles. The minimum atomic E-state index is -1.75. The van der Waals surface area contributed by atoms with Crippen LogP contribution in [0.5, 0.6) is 0 Å². The highest BCUT2D eigenvalue weighted by Gasteiger charge is 2.31. The fourth-order valence-electron chi connectivity index (χ4n) is 1.91. The maximum absolute atomic E-state index is 11.8. The molecule has 20 heavy (non-hydrogen) atoms. The smallest absolute Gasteiger partial charge is 0.289 e. The van der Waals surface area contributed by atoms with Crippen molar-refractivity contribution in [2.24, 2.45) is 0 Å². The van der Waals surface area contributed by atoms with E-state index in [1.54, 1.807) is 12.1 Å². The fourth-order valence-corrected chi connectivity index (χ4v) is 1.91. The molecule has 0 saturated carbocycles. The van der Waals surface area contributed by atoms with Gasteiger partial charge in [-0.15, -0.1) is 0 Å². The van der Waals surface area contributed by atoms with Gasteiger partial charge in [-0.05, 0) is 6.07 Å². The van der Waals surface area contributed by atoms with Crippen LogP contribution in [0.3, 0.4) is 0 Å². The lowest BCUT2D eigenvalue weighted by molar-refractivity contribution is -0.466. The van der Waals surface area contributed by atoms with E-state index in [1.807, 2.05) is 0 Å². The second-order valence-corrected chi connectivity index (χ2v) is 4.37. The van der Waals surface area contributed by atoms with Gasteiger partial charge in [-0.2, -0.15) is 4.73 Å². The highest BCUT2D eigenvalue weighted by atomic mass is 16.5. The summed E-state index contributed by atoms with van der Waals surface area (Å²) < 4.78 is 0.986. The number of aliphatic hydroxyl groups is 4. The molecule has 2 rings (SSSR count). The van der Waals surface area contributed by atoms with Gasteiger partial charge in [0, 0.05) is 11.0 Å². The average Bonchev–Trinajstić information content (AvgIpc) is 2.48. The Labute approximate surface area is 113 Å². The standard InChI is InChI=1S/C12H15N2O6/c15-6-10(16)12(18)11(17)9-5-13(19)7-3-1-2-4-8(7)14(9)20/h1-5,10-12,15-18,20H,6H2/q+1/t10-,11+,12-/m1/s1. The van der Waals surface area contributed by atoms with E-state index in [2.05, 4.69) is 0 Å². The summed E-state index contributed by atoms with van der Waals surface area (Å²) in [6.45, 7) is -0.769. The number of hydrogen-bond donors (Lipinski definition) is 5. The topological polar surface area (TPSA) is 129 Å². The Morgan fingerprint density at radius 2 is 1.85 bits per heavy atom. The Bertz CT molecular complexity index is 671. The molecule has 0 radical (unpaired) electrons. The third-order valence-corrected chi connectivity index (χ3v) is 3.05. The zero-order valence-electron chi connectivity index (χ0n) is 10.4. The third-order valence-electron chi connectivity index (χ3n) is 3.05. The van der Waals surface area contributed by atoms with Crippen LogP contribution in [0.25, 0.3) is 11.0 Å². The summed E-state index contributed by atoms with van der Waals surface area (Å²) >= 11 is 0. The Kier molecular flexibility index (Phi) is 4.00. The number of nitrogens with zero attached hydrogens (tertiary/aromatic N) is 2. The van der Waals surface area contributed by atoms with E-state index in [4.69, 9.17) is 5.11 Å². The molecule has 0 aliphatic heterocycles. The van der Waals surface area contributed by atoms with Crippen molar-refractivity contribution in [1.82, 2.24) is 4.73 Å². The molecule has 2 aromatic rings. The first-order valence-corrected chi connectivity index (χ1v) is 5.88. The Balaban J connectivity index is 2.55. The maximum Gasteiger partial charge on any atom is 0.289 e. The first kappa shape index (κ1) is 14.4. The first-order valence-electron chi connectivity index (χ1n) is 5.88. The van der Waals surface area contributed by atoms with E-state index in [0.717, 1.165) is 6.20 Å². The van der Waals surface area contributed by atoms with E-state index in [1.165, 1.54) is 12.1 Å². The van der Waals surface area contributed by atoms with Gasteiger partial charge in [0.2, 0.25) is 0 Å². The van der Waals surface area contributed by atoms with Crippen molar-refractivity contribution in [2.75, 3.05) is 6.61 Å². The van der Waals surface area contributed by atoms with E-state index in [0.29, 0.717) is 9.16 Å². The highest BCUT2D eigenvalue weighted by Crippen LogP contribution is 2.20. The van der Waals surface area contributed by atoms with Crippen molar-refractivity contribution in [3.8, 4) is 0 Å². The summed E-state index contributed by atoms with van der Waals surface area (Å²) in [6.07, 6.45) is -4.21. The summed E-state index contributed by atoms with van der Waals surface area (Å²) in [5.41, 5.74) is -0.00779. The van der Waals surface area contributed by atoms with Gasteiger partial charge in [-0.3, -0.25) is 0 Å². The second kappa shape index (κ2) is 5.55. The number of benzene rings is 1. The second-order valence-electron chi connectivity index (χ2n) is 4.37. The van der Waals surface area contributed by atoms with Crippen LogP contribution in [0, 0.1) is 4.91 Å². The van der Waals surface area contributed by atoms with Gasteiger partial charge in [-0.25, -0.2) is 0 Å². The van der Waals surface area contributed by atoms with Crippen LogP contribution in [0.1, 0.15) is 11.8 Å². The largest absolute Gasteiger partial charge is 0.428 e. The Morgan fingerprint density at radius 3 is 2.50 bits per heavy atom. The zero-order valence-corrected chi connectivity index (χ0v) is 10.4. The minimum absolute atomic E-state index is 0.129. The van der Waals surface area contributed by atoms with Gasteiger partial charge in [-0.1, -0.05) is 12.1 Å². The Hall–Kier alpha value is -2.00. The molecular formula is C12H15N2O6+. The van der Waals surface area contributed by atoms with Crippen molar-refractivity contribution in [3.63, 3.8) is 0 Å². The quantitative estimate of drug-likeness (QED) is 0.344. The van der Waals surface area contributed by atoms with Crippen LogP contribution in [-0.2, 0) is 0 Å². The number of hydrogen-bond acceptors (Lipinski definition) is 6. The molecule has 0 unspecified atom stereocenters. The lowest BCUT2D eigenvalue weighted by Crippen LogP contribution is -2.37. The lowest BCUT2D eigenvalue weighted by atomic mass is 10.1. The van der Waals surface area contributed by atoms with E-state index in [-0.39, 0.29) is 16.7 Å². The van der Waals surface area contributed by atoms with Crippen LogP contribution in [0.15, 0.2) is 30.5 Å². The van der Waals surface area contributed by atoms with Gasteiger partial charge < -0.3 is 25.6 Å². The maximum atomic E-state index is 11.8.